The lowest BCUT2D eigenvalue weighted by molar-refractivity contribution is 0.0925. The Morgan fingerprint density at radius 3 is 2.81 bits per heavy atom. The molecule has 0 aliphatic heterocycles. The smallest absolute Gasteiger partial charge is 0.287 e. The number of hydrogen-bond donors (Lipinski definition) is 2. The van der Waals surface area contributed by atoms with Crippen molar-refractivity contribution in [2.24, 2.45) is 0 Å². The van der Waals surface area contributed by atoms with Crippen molar-refractivity contribution in [2.75, 3.05) is 27.2 Å². The van der Waals surface area contributed by atoms with Crippen molar-refractivity contribution in [3.8, 4) is 5.75 Å². The van der Waals surface area contributed by atoms with E-state index in [0.29, 0.717) is 11.9 Å². The second-order valence-corrected chi connectivity index (χ2v) is 5.07. The molecule has 1 amide bonds. The van der Waals surface area contributed by atoms with Crippen LogP contribution in [0.4, 0.5) is 0 Å². The molecule has 0 bridgehead atoms. The van der Waals surface area contributed by atoms with Crippen molar-refractivity contribution in [3.05, 3.63) is 40.2 Å². The Labute approximate surface area is 122 Å². The molecule has 0 radical (unpaired) electrons. The zero-order chi connectivity index (χ0) is 15.4. The maximum absolute atomic E-state index is 12.0. The van der Waals surface area contributed by atoms with E-state index in [2.05, 4.69) is 5.32 Å². The summed E-state index contributed by atoms with van der Waals surface area (Å²) < 4.78 is 5.38. The molecule has 0 fully saturated rings. The molecule has 2 N–H and O–H groups in total. The molecule has 0 aliphatic carbocycles. The number of carbonyl (C=O) groups is 1. The zero-order valence-corrected chi connectivity index (χ0v) is 12.0. The summed E-state index contributed by atoms with van der Waals surface area (Å²) in [6, 6.07) is 5.36. The fourth-order valence-corrected chi connectivity index (χ4v) is 1.94. The van der Waals surface area contributed by atoms with E-state index >= 15 is 0 Å². The molecule has 1 aromatic heterocycles. The Hall–Kier alpha value is -2.34. The van der Waals surface area contributed by atoms with E-state index in [4.69, 9.17) is 4.42 Å². The lowest BCUT2D eigenvalue weighted by atomic mass is 10.2. The minimum Gasteiger partial charge on any atom is -0.508 e. The summed E-state index contributed by atoms with van der Waals surface area (Å²) in [7, 11) is 3.91. The largest absolute Gasteiger partial charge is 0.508 e. The number of rotatable bonds is 5. The van der Waals surface area contributed by atoms with Gasteiger partial charge in [0, 0.05) is 18.7 Å². The van der Waals surface area contributed by atoms with Crippen LogP contribution in [-0.4, -0.2) is 43.1 Å². The molecule has 6 nitrogen and oxygen atoms in total. The molecule has 1 heterocycles. The lowest BCUT2D eigenvalue weighted by Gasteiger charge is -2.09. The molecular weight excluding hydrogens is 272 g/mol. The van der Waals surface area contributed by atoms with Gasteiger partial charge in [0.15, 0.2) is 11.2 Å². The maximum Gasteiger partial charge on any atom is 0.287 e. The molecule has 0 saturated carbocycles. The first-order valence-electron chi connectivity index (χ1n) is 6.67. The second kappa shape index (κ2) is 6.41. The van der Waals surface area contributed by atoms with Gasteiger partial charge in [0.25, 0.3) is 5.91 Å². The van der Waals surface area contributed by atoms with Crippen LogP contribution in [0.15, 0.2) is 33.5 Å². The number of nitrogens with zero attached hydrogens (tertiary/aromatic N) is 1. The van der Waals surface area contributed by atoms with Crippen LogP contribution in [-0.2, 0) is 0 Å². The minimum absolute atomic E-state index is 0.0193. The van der Waals surface area contributed by atoms with E-state index in [1.807, 2.05) is 19.0 Å². The number of nitrogens with one attached hydrogen (secondary N) is 1. The summed E-state index contributed by atoms with van der Waals surface area (Å²) in [4.78, 5) is 25.9. The van der Waals surface area contributed by atoms with Crippen LogP contribution in [0.25, 0.3) is 11.0 Å². The molecule has 1 aromatic carbocycles. The third-order valence-corrected chi connectivity index (χ3v) is 3.00. The van der Waals surface area contributed by atoms with Crippen LogP contribution >= 0.6 is 0 Å². The van der Waals surface area contributed by atoms with Gasteiger partial charge in [-0.3, -0.25) is 9.59 Å². The third-order valence-electron chi connectivity index (χ3n) is 3.00. The highest BCUT2D eigenvalue weighted by Gasteiger charge is 2.12. The average molecular weight is 290 g/mol. The molecule has 112 valence electrons. The summed E-state index contributed by atoms with van der Waals surface area (Å²) in [6.45, 7) is 1.36. The number of phenolic OH excluding ortho intramolecular Hbond substituents is 1. The van der Waals surface area contributed by atoms with Crippen LogP contribution in [0.2, 0.25) is 0 Å². The van der Waals surface area contributed by atoms with Gasteiger partial charge in [0.05, 0.1) is 5.39 Å². The van der Waals surface area contributed by atoms with Crippen LogP contribution in [0.3, 0.4) is 0 Å². The Balaban J connectivity index is 2.14. The second-order valence-electron chi connectivity index (χ2n) is 5.07. The average Bonchev–Trinajstić information content (AvgIpc) is 2.42. The highest BCUT2D eigenvalue weighted by atomic mass is 16.3. The topological polar surface area (TPSA) is 82.8 Å². The molecule has 0 aliphatic rings. The molecule has 0 spiro atoms. The van der Waals surface area contributed by atoms with Crippen LogP contribution in [0.1, 0.15) is 17.0 Å². The van der Waals surface area contributed by atoms with E-state index < -0.39 is 5.91 Å². The van der Waals surface area contributed by atoms with Gasteiger partial charge >= 0.3 is 0 Å². The summed E-state index contributed by atoms with van der Waals surface area (Å²) in [5.41, 5.74) is -0.115. The van der Waals surface area contributed by atoms with Gasteiger partial charge in [-0.1, -0.05) is 0 Å². The standard InChI is InChI=1S/C15H18N2O4/c1-17(2)7-3-6-16-15(20)14-9-12(19)11-5-4-10(18)8-13(11)21-14/h4-5,8-9,18H,3,6-7H2,1-2H3,(H,16,20). The first-order chi connectivity index (χ1) is 9.97. The minimum atomic E-state index is -0.434. The monoisotopic (exact) mass is 290 g/mol. The number of fused-ring (bicyclic) bond motifs is 1. The SMILES string of the molecule is CN(C)CCCNC(=O)c1cc(=O)c2ccc(O)cc2o1. The van der Waals surface area contributed by atoms with Crippen molar-refractivity contribution >= 4 is 16.9 Å². The summed E-state index contributed by atoms with van der Waals surface area (Å²) in [5, 5.41) is 12.4. The molecule has 6 heteroatoms. The van der Waals surface area contributed by atoms with Gasteiger partial charge in [0.1, 0.15) is 11.3 Å². The van der Waals surface area contributed by atoms with E-state index in [1.54, 1.807) is 0 Å². The first kappa shape index (κ1) is 15.1. The number of phenols is 1. The molecular formula is C15H18N2O4. The van der Waals surface area contributed by atoms with Gasteiger partial charge in [0.2, 0.25) is 0 Å². The van der Waals surface area contributed by atoms with Crippen LogP contribution in [0.5, 0.6) is 5.75 Å². The number of amides is 1. The van der Waals surface area contributed by atoms with Crippen LogP contribution < -0.4 is 10.7 Å². The molecule has 21 heavy (non-hydrogen) atoms. The normalized spacial score (nSPS) is 11.0. The third kappa shape index (κ3) is 3.82. The fourth-order valence-electron chi connectivity index (χ4n) is 1.94. The number of benzene rings is 1. The van der Waals surface area contributed by atoms with Crippen molar-refractivity contribution in [1.29, 1.82) is 0 Å². The highest BCUT2D eigenvalue weighted by molar-refractivity contribution is 5.93. The molecule has 0 unspecified atom stereocenters. The van der Waals surface area contributed by atoms with E-state index in [9.17, 15) is 14.7 Å². The zero-order valence-electron chi connectivity index (χ0n) is 12.0. The Morgan fingerprint density at radius 2 is 2.10 bits per heavy atom. The number of hydrogen-bond acceptors (Lipinski definition) is 5. The first-order valence-corrected chi connectivity index (χ1v) is 6.67. The van der Waals surface area contributed by atoms with Gasteiger partial charge in [-0.25, -0.2) is 0 Å². The van der Waals surface area contributed by atoms with Gasteiger partial charge in [-0.15, -0.1) is 0 Å². The van der Waals surface area contributed by atoms with Crippen molar-refractivity contribution in [3.63, 3.8) is 0 Å². The summed E-state index contributed by atoms with van der Waals surface area (Å²) in [6.07, 6.45) is 0.803. The van der Waals surface area contributed by atoms with Crippen molar-refractivity contribution < 1.29 is 14.3 Å². The van der Waals surface area contributed by atoms with Crippen molar-refractivity contribution in [1.82, 2.24) is 10.2 Å². The predicted octanol–water partition coefficient (Wildman–Crippen LogP) is 1.18. The highest BCUT2D eigenvalue weighted by Crippen LogP contribution is 2.18. The molecule has 0 saturated heterocycles. The van der Waals surface area contributed by atoms with E-state index in [0.717, 1.165) is 13.0 Å². The van der Waals surface area contributed by atoms with Gasteiger partial charge in [-0.2, -0.15) is 0 Å². The maximum atomic E-state index is 12.0. The van der Waals surface area contributed by atoms with E-state index in [-0.39, 0.29) is 22.5 Å². The summed E-state index contributed by atoms with van der Waals surface area (Å²) in [5.74, 6) is -0.506. The number of carbonyl (C=O) groups excluding carboxylic acids is 1. The Bertz CT molecular complexity index is 706. The van der Waals surface area contributed by atoms with Gasteiger partial charge < -0.3 is 19.7 Å². The summed E-state index contributed by atoms with van der Waals surface area (Å²) >= 11 is 0. The van der Waals surface area contributed by atoms with Crippen molar-refractivity contribution in [2.45, 2.75) is 6.42 Å². The quantitative estimate of drug-likeness (QED) is 0.808. The van der Waals surface area contributed by atoms with Crippen LogP contribution in [0, 0.1) is 0 Å². The molecule has 2 aromatic rings. The number of aromatic hydroxyl groups is 1. The molecule has 0 atom stereocenters. The lowest BCUT2D eigenvalue weighted by Crippen LogP contribution is -2.27. The molecule has 2 rings (SSSR count). The van der Waals surface area contributed by atoms with E-state index in [1.165, 1.54) is 24.3 Å². The Morgan fingerprint density at radius 1 is 1.33 bits per heavy atom. The Kier molecular flexibility index (Phi) is 4.59. The van der Waals surface area contributed by atoms with Gasteiger partial charge in [-0.05, 0) is 39.2 Å². The fraction of sp³-hybridized carbons (Fsp3) is 0.333. The predicted molar refractivity (Wildman–Crippen MR) is 79.7 cm³/mol.